The number of hydrogen-bond acceptors (Lipinski definition) is 3. The minimum absolute atomic E-state index is 0. The highest BCUT2D eigenvalue weighted by Crippen LogP contribution is 2.17. The summed E-state index contributed by atoms with van der Waals surface area (Å²) in [5.74, 6) is 2.65. The van der Waals surface area contributed by atoms with Crippen molar-refractivity contribution >= 4 is 0 Å². The van der Waals surface area contributed by atoms with E-state index in [4.69, 9.17) is 0 Å². The maximum atomic E-state index is 2.67. The summed E-state index contributed by atoms with van der Waals surface area (Å²) in [5, 5.41) is 0. The average molecular weight is 572 g/mol. The smallest absolute Gasteiger partial charge is 0.00669 e. The van der Waals surface area contributed by atoms with Crippen LogP contribution in [0.3, 0.4) is 0 Å². The Kier molecular flexibility index (Phi) is 35.5. The number of nitrogens with zero attached hydrogens (tertiary/aromatic N) is 3. The lowest BCUT2D eigenvalue weighted by atomic mass is 10.0. The lowest BCUT2D eigenvalue weighted by molar-refractivity contribution is 0.156. The molecule has 0 bridgehead atoms. The first-order valence-corrected chi connectivity index (χ1v) is 16.5. The monoisotopic (exact) mass is 572 g/mol. The van der Waals surface area contributed by atoms with Crippen molar-refractivity contribution in [2.75, 3.05) is 52.4 Å². The predicted molar refractivity (Wildman–Crippen MR) is 190 cm³/mol. The van der Waals surface area contributed by atoms with Crippen LogP contribution in [-0.2, 0) is 0 Å². The third kappa shape index (κ3) is 26.8. The molecule has 0 radical (unpaired) electrons. The third-order valence-corrected chi connectivity index (χ3v) is 8.33. The number of likely N-dealkylation sites (tertiary alicyclic amines) is 3. The number of hydrogen-bond donors (Lipinski definition) is 0. The first-order chi connectivity index (χ1) is 17.3. The molecule has 0 amide bonds. The average Bonchev–Trinajstić information content (AvgIpc) is 3.35. The molecule has 1 unspecified atom stereocenters. The first kappa shape index (κ1) is 46.8. The lowest BCUT2D eigenvalue weighted by Gasteiger charge is -2.33. The van der Waals surface area contributed by atoms with E-state index in [1.165, 1.54) is 142 Å². The van der Waals surface area contributed by atoms with Crippen molar-refractivity contribution in [3.63, 3.8) is 0 Å². The molecular formula is C37H85N3. The second kappa shape index (κ2) is 30.3. The molecule has 3 rings (SSSR count). The van der Waals surface area contributed by atoms with Crippen LogP contribution in [0.1, 0.15) is 168 Å². The van der Waals surface area contributed by atoms with Gasteiger partial charge in [0, 0.05) is 6.04 Å². The Morgan fingerprint density at radius 3 is 1.20 bits per heavy atom. The van der Waals surface area contributed by atoms with Crippen molar-refractivity contribution in [3.05, 3.63) is 0 Å². The van der Waals surface area contributed by atoms with Gasteiger partial charge in [0.2, 0.25) is 0 Å². The Hall–Kier alpha value is -0.120. The fourth-order valence-corrected chi connectivity index (χ4v) is 5.83. The molecule has 0 aromatic carbocycles. The molecular weight excluding hydrogens is 486 g/mol. The maximum Gasteiger partial charge on any atom is 0.00669 e. The Labute approximate surface area is 258 Å². The Bertz CT molecular complexity index is 464. The van der Waals surface area contributed by atoms with E-state index in [1.807, 2.05) is 0 Å². The normalized spacial score (nSPS) is 19.8. The summed E-state index contributed by atoms with van der Waals surface area (Å²) in [4.78, 5) is 7.90. The highest BCUT2D eigenvalue weighted by Gasteiger charge is 2.17. The van der Waals surface area contributed by atoms with Crippen LogP contribution >= 0.6 is 0 Å². The summed E-state index contributed by atoms with van der Waals surface area (Å²) < 4.78 is 0. The Balaban J connectivity index is -0.000000232. The minimum atomic E-state index is 0. The molecule has 248 valence electrons. The summed E-state index contributed by atoms with van der Waals surface area (Å²) in [6.45, 7) is 27.1. The topological polar surface area (TPSA) is 9.72 Å². The summed E-state index contributed by atoms with van der Waals surface area (Å²) in [5.41, 5.74) is 0. The fourth-order valence-electron chi connectivity index (χ4n) is 5.83. The van der Waals surface area contributed by atoms with Crippen LogP contribution in [0.4, 0.5) is 0 Å². The molecule has 3 aliphatic rings. The highest BCUT2D eigenvalue weighted by molar-refractivity contribution is 4.72. The Morgan fingerprint density at radius 1 is 0.475 bits per heavy atom. The lowest BCUT2D eigenvalue weighted by Crippen LogP contribution is -2.38. The molecule has 3 fully saturated rings. The predicted octanol–water partition coefficient (Wildman–Crippen LogP) is 11.3. The largest absolute Gasteiger partial charge is 0.303 e. The minimum Gasteiger partial charge on any atom is -0.303 e. The second-order valence-electron chi connectivity index (χ2n) is 13.4. The summed E-state index contributed by atoms with van der Waals surface area (Å²) >= 11 is 0. The van der Waals surface area contributed by atoms with Crippen LogP contribution in [0.2, 0.25) is 0 Å². The zero-order chi connectivity index (χ0) is 26.6. The van der Waals surface area contributed by atoms with E-state index in [1.54, 1.807) is 0 Å². The van der Waals surface area contributed by atoms with E-state index in [0.29, 0.717) is 0 Å². The van der Waals surface area contributed by atoms with Crippen molar-refractivity contribution in [1.82, 2.24) is 14.7 Å². The molecule has 3 heteroatoms. The molecule has 0 aromatic rings. The molecule has 0 saturated carbocycles. The summed E-state index contributed by atoms with van der Waals surface area (Å²) in [6, 6.07) is 0.848. The van der Waals surface area contributed by atoms with Gasteiger partial charge in [0.1, 0.15) is 0 Å². The molecule has 3 saturated heterocycles. The van der Waals surface area contributed by atoms with E-state index in [2.05, 4.69) is 63.2 Å². The fraction of sp³-hybridized carbons (Fsp3) is 1.00. The van der Waals surface area contributed by atoms with Crippen LogP contribution in [0, 0.1) is 17.8 Å². The highest BCUT2D eigenvalue weighted by atomic mass is 15.2. The van der Waals surface area contributed by atoms with Gasteiger partial charge in [-0.2, -0.15) is 0 Å². The van der Waals surface area contributed by atoms with Crippen molar-refractivity contribution in [3.8, 4) is 0 Å². The second-order valence-corrected chi connectivity index (χ2v) is 13.4. The van der Waals surface area contributed by atoms with E-state index in [0.717, 1.165) is 23.8 Å². The van der Waals surface area contributed by atoms with Crippen LogP contribution in [-0.4, -0.2) is 73.1 Å². The maximum absolute atomic E-state index is 2.67. The molecule has 0 aliphatic carbocycles. The van der Waals surface area contributed by atoms with Crippen molar-refractivity contribution in [1.29, 1.82) is 0 Å². The number of piperidine rings is 2. The van der Waals surface area contributed by atoms with Gasteiger partial charge in [0.15, 0.2) is 0 Å². The molecule has 1 atom stereocenters. The van der Waals surface area contributed by atoms with Crippen molar-refractivity contribution in [2.24, 2.45) is 17.8 Å². The van der Waals surface area contributed by atoms with Crippen molar-refractivity contribution < 1.29 is 0 Å². The zero-order valence-corrected chi connectivity index (χ0v) is 26.2. The standard InChI is InChI=1S/C12H25N.C11H23N.C10H21N.4CH4/c1-11(2)7-6-10-13-9-5-4-8-12(13)3;1-11(2)7-6-10-12-8-4-3-5-9-12;1-10(2)6-5-9-11-7-3-4-8-11;;;;/h11-12H,4-10H2,1-3H3;11H,3-10H2,1-2H3;10H,3-9H2,1-2H3;4*1H4. The molecule has 0 spiro atoms. The van der Waals surface area contributed by atoms with Gasteiger partial charge in [-0.05, 0) is 154 Å². The van der Waals surface area contributed by atoms with E-state index >= 15 is 0 Å². The van der Waals surface area contributed by atoms with Gasteiger partial charge in [-0.25, -0.2) is 0 Å². The van der Waals surface area contributed by atoms with Gasteiger partial charge < -0.3 is 14.7 Å². The van der Waals surface area contributed by atoms with Crippen LogP contribution in [0.15, 0.2) is 0 Å². The van der Waals surface area contributed by atoms with Gasteiger partial charge in [-0.3, -0.25) is 0 Å². The van der Waals surface area contributed by atoms with Gasteiger partial charge in [-0.15, -0.1) is 0 Å². The molecule has 3 heterocycles. The molecule has 3 nitrogen and oxygen atoms in total. The number of rotatable bonds is 12. The van der Waals surface area contributed by atoms with E-state index in [-0.39, 0.29) is 29.7 Å². The summed E-state index contributed by atoms with van der Waals surface area (Å²) in [7, 11) is 0. The zero-order valence-electron chi connectivity index (χ0n) is 26.2. The molecule has 40 heavy (non-hydrogen) atoms. The van der Waals surface area contributed by atoms with E-state index < -0.39 is 0 Å². The van der Waals surface area contributed by atoms with Crippen LogP contribution in [0.5, 0.6) is 0 Å². The molecule has 3 aliphatic heterocycles. The molecule has 0 N–H and O–H groups in total. The summed E-state index contributed by atoms with van der Waals surface area (Å²) in [6.07, 6.45) is 19.9. The first-order valence-electron chi connectivity index (χ1n) is 16.5. The van der Waals surface area contributed by atoms with E-state index in [9.17, 15) is 0 Å². The Morgan fingerprint density at radius 2 is 0.825 bits per heavy atom. The van der Waals surface area contributed by atoms with Gasteiger partial charge in [0.05, 0.1) is 0 Å². The quantitative estimate of drug-likeness (QED) is 0.231. The van der Waals surface area contributed by atoms with Gasteiger partial charge >= 0.3 is 0 Å². The van der Waals surface area contributed by atoms with Crippen LogP contribution < -0.4 is 0 Å². The van der Waals surface area contributed by atoms with Crippen LogP contribution in [0.25, 0.3) is 0 Å². The SMILES string of the molecule is C.C.C.C.CC(C)CCCN1CCCC1.CC(C)CCCN1CCCCC1.CC(C)CCCN1CCCCC1C. The van der Waals surface area contributed by atoms with Gasteiger partial charge in [0.25, 0.3) is 0 Å². The van der Waals surface area contributed by atoms with Gasteiger partial charge in [-0.1, -0.05) is 84.1 Å². The molecule has 0 aromatic heterocycles. The van der Waals surface area contributed by atoms with Crippen molar-refractivity contribution in [2.45, 2.75) is 174 Å². The third-order valence-electron chi connectivity index (χ3n) is 8.33.